The van der Waals surface area contributed by atoms with E-state index in [1.807, 2.05) is 20.8 Å². The van der Waals surface area contributed by atoms with Gasteiger partial charge < -0.3 is 20.4 Å². The first-order valence-corrected chi connectivity index (χ1v) is 4.85. The molecule has 0 bridgehead atoms. The summed E-state index contributed by atoms with van der Waals surface area (Å²) in [6.07, 6.45) is -1.56. The number of hydrogen-bond donors (Lipinski definition) is 3. The Kier molecular flexibility index (Phi) is 5.69. The molecular weight excluding hydrogens is 200 g/mol. The molecule has 0 spiro atoms. The van der Waals surface area contributed by atoms with E-state index in [1.165, 1.54) is 4.90 Å². The predicted molar refractivity (Wildman–Crippen MR) is 54.6 cm³/mol. The molecule has 0 aromatic rings. The molecule has 88 valence electrons. The Bertz CT molecular complexity index is 230. The minimum Gasteiger partial charge on any atom is -0.479 e. The van der Waals surface area contributed by atoms with E-state index in [-0.39, 0.29) is 18.6 Å². The minimum absolute atomic E-state index is 0.0389. The number of carbonyl (C=O) groups is 2. The molecule has 0 aliphatic carbocycles. The highest BCUT2D eigenvalue weighted by Crippen LogP contribution is 1.97. The molecule has 1 unspecified atom stereocenters. The first-order valence-electron chi connectivity index (χ1n) is 4.85. The first-order chi connectivity index (χ1) is 6.90. The fourth-order valence-corrected chi connectivity index (χ4v) is 1.12. The number of amides is 2. The van der Waals surface area contributed by atoms with Crippen molar-refractivity contribution in [2.24, 2.45) is 0 Å². The zero-order chi connectivity index (χ0) is 12.0. The van der Waals surface area contributed by atoms with Crippen LogP contribution in [0.25, 0.3) is 0 Å². The molecule has 0 aromatic carbocycles. The molecule has 6 heteroatoms. The molecule has 2 amide bonds. The average Bonchev–Trinajstić information content (AvgIpc) is 2.14. The first kappa shape index (κ1) is 13.7. The molecule has 0 fully saturated rings. The number of aliphatic carboxylic acids is 1. The lowest BCUT2D eigenvalue weighted by molar-refractivity contribution is -0.146. The summed E-state index contributed by atoms with van der Waals surface area (Å²) in [5.74, 6) is -1.34. The van der Waals surface area contributed by atoms with Gasteiger partial charge >= 0.3 is 12.0 Å². The van der Waals surface area contributed by atoms with E-state index >= 15 is 0 Å². The molecule has 0 saturated heterocycles. The van der Waals surface area contributed by atoms with Gasteiger partial charge in [-0.25, -0.2) is 9.59 Å². The van der Waals surface area contributed by atoms with Gasteiger partial charge in [-0.15, -0.1) is 0 Å². The third-order valence-electron chi connectivity index (χ3n) is 1.96. The summed E-state index contributed by atoms with van der Waals surface area (Å²) < 4.78 is 0. The molecule has 0 aromatic heterocycles. The summed E-state index contributed by atoms with van der Waals surface area (Å²) in [5.41, 5.74) is 0. The lowest BCUT2D eigenvalue weighted by atomic mass is 10.3. The van der Waals surface area contributed by atoms with Gasteiger partial charge in [0.05, 0.1) is 6.54 Å². The quantitative estimate of drug-likeness (QED) is 0.599. The van der Waals surface area contributed by atoms with Crippen molar-refractivity contribution in [2.75, 3.05) is 13.1 Å². The highest BCUT2D eigenvalue weighted by Gasteiger charge is 2.18. The van der Waals surface area contributed by atoms with Crippen LogP contribution in [-0.4, -0.2) is 52.3 Å². The Morgan fingerprint density at radius 1 is 1.40 bits per heavy atom. The maximum atomic E-state index is 11.5. The van der Waals surface area contributed by atoms with Crippen LogP contribution in [0, 0.1) is 0 Å². The van der Waals surface area contributed by atoms with Crippen LogP contribution in [0.15, 0.2) is 0 Å². The van der Waals surface area contributed by atoms with Gasteiger partial charge in [-0.2, -0.15) is 0 Å². The summed E-state index contributed by atoms with van der Waals surface area (Å²) in [4.78, 5) is 23.3. The summed E-state index contributed by atoms with van der Waals surface area (Å²) in [7, 11) is 0. The highest BCUT2D eigenvalue weighted by molar-refractivity contribution is 5.76. The van der Waals surface area contributed by atoms with Crippen LogP contribution < -0.4 is 5.32 Å². The van der Waals surface area contributed by atoms with Crippen LogP contribution in [-0.2, 0) is 4.79 Å². The standard InChI is InChI=1S/C9H18N2O4/c1-4-11(6(2)3)9(15)10-5-7(12)8(13)14/h6-7,12H,4-5H2,1-3H3,(H,10,15)(H,13,14). The molecular formula is C9H18N2O4. The van der Waals surface area contributed by atoms with Crippen LogP contribution >= 0.6 is 0 Å². The third-order valence-corrected chi connectivity index (χ3v) is 1.96. The zero-order valence-electron chi connectivity index (χ0n) is 9.23. The zero-order valence-corrected chi connectivity index (χ0v) is 9.23. The molecule has 0 radical (unpaired) electrons. The monoisotopic (exact) mass is 218 g/mol. The second kappa shape index (κ2) is 6.23. The number of urea groups is 1. The van der Waals surface area contributed by atoms with Crippen molar-refractivity contribution in [3.05, 3.63) is 0 Å². The van der Waals surface area contributed by atoms with E-state index in [1.54, 1.807) is 0 Å². The molecule has 0 aliphatic rings. The SMILES string of the molecule is CCN(C(=O)NCC(O)C(=O)O)C(C)C. The Morgan fingerprint density at radius 2 is 1.93 bits per heavy atom. The maximum Gasteiger partial charge on any atom is 0.334 e. The van der Waals surface area contributed by atoms with Crippen molar-refractivity contribution in [1.82, 2.24) is 10.2 Å². The fourth-order valence-electron chi connectivity index (χ4n) is 1.12. The minimum atomic E-state index is -1.56. The van der Waals surface area contributed by atoms with Gasteiger partial charge in [0.15, 0.2) is 6.10 Å². The number of aliphatic hydroxyl groups is 1. The number of nitrogens with zero attached hydrogens (tertiary/aromatic N) is 1. The van der Waals surface area contributed by atoms with Crippen LogP contribution in [0.2, 0.25) is 0 Å². The smallest absolute Gasteiger partial charge is 0.334 e. The van der Waals surface area contributed by atoms with Crippen molar-refractivity contribution >= 4 is 12.0 Å². The van der Waals surface area contributed by atoms with E-state index in [4.69, 9.17) is 10.2 Å². The van der Waals surface area contributed by atoms with Crippen molar-refractivity contribution in [3.8, 4) is 0 Å². The number of carboxylic acids is 1. The van der Waals surface area contributed by atoms with Gasteiger partial charge in [-0.05, 0) is 20.8 Å². The van der Waals surface area contributed by atoms with Crippen molar-refractivity contribution in [2.45, 2.75) is 32.9 Å². The maximum absolute atomic E-state index is 11.5. The average molecular weight is 218 g/mol. The van der Waals surface area contributed by atoms with Gasteiger partial charge in [0.1, 0.15) is 0 Å². The molecule has 0 rings (SSSR count). The Labute approximate surface area is 88.9 Å². The molecule has 0 saturated carbocycles. The lowest BCUT2D eigenvalue weighted by Crippen LogP contribution is -2.47. The van der Waals surface area contributed by atoms with Crippen molar-refractivity contribution in [1.29, 1.82) is 0 Å². The predicted octanol–water partition coefficient (Wildman–Crippen LogP) is -0.128. The van der Waals surface area contributed by atoms with E-state index in [9.17, 15) is 9.59 Å². The van der Waals surface area contributed by atoms with Crippen molar-refractivity contribution < 1.29 is 19.8 Å². The van der Waals surface area contributed by atoms with Crippen molar-refractivity contribution in [3.63, 3.8) is 0 Å². The number of hydrogen-bond acceptors (Lipinski definition) is 3. The van der Waals surface area contributed by atoms with Crippen LogP contribution in [0.1, 0.15) is 20.8 Å². The number of carbonyl (C=O) groups excluding carboxylic acids is 1. The largest absolute Gasteiger partial charge is 0.479 e. The third kappa shape index (κ3) is 4.64. The van der Waals surface area contributed by atoms with E-state index in [0.717, 1.165) is 0 Å². The van der Waals surface area contributed by atoms with Gasteiger partial charge in [0.2, 0.25) is 0 Å². The molecule has 15 heavy (non-hydrogen) atoms. The molecule has 0 aliphatic heterocycles. The number of rotatable bonds is 5. The summed E-state index contributed by atoms with van der Waals surface area (Å²) in [5, 5.41) is 19.7. The van der Waals surface area contributed by atoms with E-state index in [2.05, 4.69) is 5.32 Å². The van der Waals surface area contributed by atoms with Gasteiger partial charge in [-0.3, -0.25) is 0 Å². The molecule has 1 atom stereocenters. The Hall–Kier alpha value is -1.30. The summed E-state index contributed by atoms with van der Waals surface area (Å²) in [6, 6.07) is -0.329. The lowest BCUT2D eigenvalue weighted by Gasteiger charge is -2.25. The highest BCUT2D eigenvalue weighted by atomic mass is 16.4. The number of carboxylic acid groups (broad SMARTS) is 1. The van der Waals surface area contributed by atoms with Gasteiger partial charge in [0.25, 0.3) is 0 Å². The summed E-state index contributed by atoms with van der Waals surface area (Å²) in [6.45, 7) is 5.80. The second-order valence-corrected chi connectivity index (χ2v) is 3.42. The molecule has 0 heterocycles. The van der Waals surface area contributed by atoms with Gasteiger partial charge in [-0.1, -0.05) is 0 Å². The number of aliphatic hydroxyl groups excluding tert-OH is 1. The van der Waals surface area contributed by atoms with Crippen LogP contribution in [0.3, 0.4) is 0 Å². The fraction of sp³-hybridized carbons (Fsp3) is 0.778. The van der Waals surface area contributed by atoms with Gasteiger partial charge in [0, 0.05) is 12.6 Å². The Balaban J connectivity index is 4.07. The van der Waals surface area contributed by atoms with E-state index in [0.29, 0.717) is 6.54 Å². The normalized spacial score (nSPS) is 12.3. The number of nitrogens with one attached hydrogen (secondary N) is 1. The molecule has 6 nitrogen and oxygen atoms in total. The topological polar surface area (TPSA) is 89.9 Å². The van der Waals surface area contributed by atoms with Crippen LogP contribution in [0.5, 0.6) is 0 Å². The van der Waals surface area contributed by atoms with Crippen LogP contribution in [0.4, 0.5) is 4.79 Å². The van der Waals surface area contributed by atoms with E-state index < -0.39 is 12.1 Å². The summed E-state index contributed by atoms with van der Waals surface area (Å²) >= 11 is 0. The second-order valence-electron chi connectivity index (χ2n) is 3.42. The molecule has 3 N–H and O–H groups in total. The Morgan fingerprint density at radius 3 is 2.27 bits per heavy atom.